The van der Waals surface area contributed by atoms with Gasteiger partial charge < -0.3 is 16.0 Å². The first-order valence-corrected chi connectivity index (χ1v) is 7.85. The van der Waals surface area contributed by atoms with Crippen molar-refractivity contribution in [3.63, 3.8) is 0 Å². The highest BCUT2D eigenvalue weighted by Crippen LogP contribution is 2.29. The van der Waals surface area contributed by atoms with Crippen LogP contribution in [-0.2, 0) is 9.59 Å². The van der Waals surface area contributed by atoms with Crippen LogP contribution in [0.1, 0.15) is 46.0 Å². The van der Waals surface area contributed by atoms with E-state index in [9.17, 15) is 9.59 Å². The van der Waals surface area contributed by atoms with Crippen LogP contribution in [0.2, 0.25) is 0 Å². The van der Waals surface area contributed by atoms with Crippen LogP contribution in [0, 0.1) is 11.8 Å². The van der Waals surface area contributed by atoms with Gasteiger partial charge in [0, 0.05) is 19.5 Å². The molecule has 0 aromatic heterocycles. The van der Waals surface area contributed by atoms with Crippen molar-refractivity contribution in [1.82, 2.24) is 10.2 Å². The molecule has 0 aliphatic heterocycles. The van der Waals surface area contributed by atoms with E-state index in [1.54, 1.807) is 4.90 Å². The lowest BCUT2D eigenvalue weighted by molar-refractivity contribution is -0.132. The van der Waals surface area contributed by atoms with Crippen molar-refractivity contribution in [2.75, 3.05) is 26.2 Å². The van der Waals surface area contributed by atoms with Crippen LogP contribution in [-0.4, -0.2) is 42.9 Å². The van der Waals surface area contributed by atoms with E-state index in [1.165, 1.54) is 0 Å². The van der Waals surface area contributed by atoms with E-state index in [4.69, 9.17) is 5.73 Å². The predicted molar refractivity (Wildman–Crippen MR) is 80.1 cm³/mol. The highest BCUT2D eigenvalue weighted by Gasteiger charge is 2.22. The molecule has 0 atom stereocenters. The Kier molecular flexibility index (Phi) is 7.59. The maximum atomic E-state index is 11.9. The van der Waals surface area contributed by atoms with E-state index < -0.39 is 0 Å². The van der Waals surface area contributed by atoms with Gasteiger partial charge in [0.15, 0.2) is 0 Å². The summed E-state index contributed by atoms with van der Waals surface area (Å²) in [6.07, 6.45) is 4.97. The second-order valence-electron chi connectivity index (χ2n) is 5.67. The molecule has 0 unspecified atom stereocenters. The fourth-order valence-electron chi connectivity index (χ4n) is 2.87. The third kappa shape index (κ3) is 5.49. The minimum absolute atomic E-state index is 0.00158. The molecule has 1 fully saturated rings. The summed E-state index contributed by atoms with van der Waals surface area (Å²) in [4.78, 5) is 25.4. The van der Waals surface area contributed by atoms with Crippen molar-refractivity contribution >= 4 is 11.8 Å². The molecule has 0 aromatic carbocycles. The smallest absolute Gasteiger partial charge is 0.241 e. The maximum Gasteiger partial charge on any atom is 0.241 e. The Hall–Kier alpha value is -1.10. The Labute approximate surface area is 122 Å². The summed E-state index contributed by atoms with van der Waals surface area (Å²) in [5.41, 5.74) is 5.66. The maximum absolute atomic E-state index is 11.9. The van der Waals surface area contributed by atoms with Crippen LogP contribution in [0.15, 0.2) is 0 Å². The van der Waals surface area contributed by atoms with Crippen LogP contribution in [0.4, 0.5) is 0 Å². The average Bonchev–Trinajstić information content (AvgIpc) is 2.47. The van der Waals surface area contributed by atoms with Crippen LogP contribution in [0.5, 0.6) is 0 Å². The van der Waals surface area contributed by atoms with Crippen LogP contribution in [0.3, 0.4) is 0 Å². The molecule has 5 heteroatoms. The molecule has 20 heavy (non-hydrogen) atoms. The average molecular weight is 283 g/mol. The lowest BCUT2D eigenvalue weighted by Gasteiger charge is -2.27. The number of carbonyl (C=O) groups excluding carboxylic acids is 2. The SMILES string of the molecule is CCN(CC)C(=O)CNC(=O)CC1CCC(CN)CC1. The lowest BCUT2D eigenvalue weighted by Crippen LogP contribution is -2.40. The van der Waals surface area contributed by atoms with Gasteiger partial charge in [0.25, 0.3) is 0 Å². The van der Waals surface area contributed by atoms with E-state index in [-0.39, 0.29) is 18.4 Å². The van der Waals surface area contributed by atoms with Gasteiger partial charge in [-0.05, 0) is 57.9 Å². The number of nitrogens with one attached hydrogen (secondary N) is 1. The molecular formula is C15H29N3O2. The quantitative estimate of drug-likeness (QED) is 0.735. The highest BCUT2D eigenvalue weighted by molar-refractivity contribution is 5.84. The molecule has 1 saturated carbocycles. The summed E-state index contributed by atoms with van der Waals surface area (Å²) < 4.78 is 0. The fourth-order valence-corrected chi connectivity index (χ4v) is 2.87. The fraction of sp³-hybridized carbons (Fsp3) is 0.867. The Morgan fingerprint density at radius 3 is 2.15 bits per heavy atom. The van der Waals surface area contributed by atoms with E-state index in [2.05, 4.69) is 5.32 Å². The monoisotopic (exact) mass is 283 g/mol. The molecule has 0 spiro atoms. The second-order valence-corrected chi connectivity index (χ2v) is 5.67. The molecule has 116 valence electrons. The number of rotatable bonds is 7. The number of likely N-dealkylation sites (N-methyl/N-ethyl adjacent to an activating group) is 1. The van der Waals surface area contributed by atoms with Gasteiger partial charge in [0.1, 0.15) is 0 Å². The zero-order valence-corrected chi connectivity index (χ0v) is 12.9. The van der Waals surface area contributed by atoms with Crippen molar-refractivity contribution in [3.05, 3.63) is 0 Å². The largest absolute Gasteiger partial charge is 0.347 e. The van der Waals surface area contributed by atoms with Gasteiger partial charge in [-0.15, -0.1) is 0 Å². The number of nitrogens with two attached hydrogens (primary N) is 1. The molecule has 0 aromatic rings. The van der Waals surface area contributed by atoms with Gasteiger partial charge in [-0.2, -0.15) is 0 Å². The van der Waals surface area contributed by atoms with Gasteiger partial charge in [-0.3, -0.25) is 9.59 Å². The molecule has 0 heterocycles. The Morgan fingerprint density at radius 2 is 1.65 bits per heavy atom. The van der Waals surface area contributed by atoms with Crippen LogP contribution in [0.25, 0.3) is 0 Å². The van der Waals surface area contributed by atoms with Crippen LogP contribution >= 0.6 is 0 Å². The number of nitrogens with zero attached hydrogens (tertiary/aromatic N) is 1. The number of carbonyl (C=O) groups is 2. The number of hydrogen-bond donors (Lipinski definition) is 2. The topological polar surface area (TPSA) is 75.4 Å². The van der Waals surface area contributed by atoms with Gasteiger partial charge >= 0.3 is 0 Å². The summed E-state index contributed by atoms with van der Waals surface area (Å²) in [5.74, 6) is 1.09. The third-order valence-electron chi connectivity index (χ3n) is 4.33. The Morgan fingerprint density at radius 1 is 1.10 bits per heavy atom. The summed E-state index contributed by atoms with van der Waals surface area (Å²) in [6.45, 7) is 6.15. The normalized spacial score (nSPS) is 22.4. The molecule has 0 saturated heterocycles. The van der Waals surface area contributed by atoms with Crippen molar-refractivity contribution in [3.8, 4) is 0 Å². The molecule has 5 nitrogen and oxygen atoms in total. The highest BCUT2D eigenvalue weighted by atomic mass is 16.2. The van der Waals surface area contributed by atoms with Crippen molar-refractivity contribution in [2.45, 2.75) is 46.0 Å². The number of amides is 2. The minimum Gasteiger partial charge on any atom is -0.347 e. The standard InChI is InChI=1S/C15H29N3O2/c1-3-18(4-2)15(20)11-17-14(19)9-12-5-7-13(10-16)8-6-12/h12-13H,3-11,16H2,1-2H3,(H,17,19). The zero-order chi connectivity index (χ0) is 15.0. The molecule has 1 aliphatic rings. The van der Waals surface area contributed by atoms with E-state index in [0.717, 1.165) is 32.2 Å². The van der Waals surface area contributed by atoms with E-state index in [0.29, 0.717) is 31.3 Å². The molecule has 1 rings (SSSR count). The molecule has 3 N–H and O–H groups in total. The predicted octanol–water partition coefficient (Wildman–Crippen LogP) is 1.13. The van der Waals surface area contributed by atoms with Gasteiger partial charge in [-0.25, -0.2) is 0 Å². The first kappa shape index (κ1) is 17.0. The summed E-state index contributed by atoms with van der Waals surface area (Å²) in [5, 5.41) is 2.75. The second kappa shape index (κ2) is 8.95. The van der Waals surface area contributed by atoms with Crippen LogP contribution < -0.4 is 11.1 Å². The minimum atomic E-state index is -0.00445. The third-order valence-corrected chi connectivity index (χ3v) is 4.33. The first-order valence-electron chi connectivity index (χ1n) is 7.85. The van der Waals surface area contributed by atoms with Crippen molar-refractivity contribution < 1.29 is 9.59 Å². The first-order chi connectivity index (χ1) is 9.60. The molecule has 0 bridgehead atoms. The zero-order valence-electron chi connectivity index (χ0n) is 12.9. The van der Waals surface area contributed by atoms with Gasteiger partial charge in [-0.1, -0.05) is 0 Å². The molecular weight excluding hydrogens is 254 g/mol. The van der Waals surface area contributed by atoms with Crippen molar-refractivity contribution in [2.24, 2.45) is 17.6 Å². The van der Waals surface area contributed by atoms with Gasteiger partial charge in [0.05, 0.1) is 6.54 Å². The summed E-state index contributed by atoms with van der Waals surface area (Å²) in [7, 11) is 0. The van der Waals surface area contributed by atoms with Crippen molar-refractivity contribution in [1.29, 1.82) is 0 Å². The summed E-state index contributed by atoms with van der Waals surface area (Å²) >= 11 is 0. The summed E-state index contributed by atoms with van der Waals surface area (Å²) in [6, 6.07) is 0. The van der Waals surface area contributed by atoms with E-state index in [1.807, 2.05) is 13.8 Å². The molecule has 0 radical (unpaired) electrons. The lowest BCUT2D eigenvalue weighted by atomic mass is 9.80. The Balaban J connectivity index is 2.22. The molecule has 1 aliphatic carbocycles. The Bertz CT molecular complexity index is 308. The number of hydrogen-bond acceptors (Lipinski definition) is 3. The van der Waals surface area contributed by atoms with E-state index >= 15 is 0 Å². The van der Waals surface area contributed by atoms with Gasteiger partial charge in [0.2, 0.25) is 11.8 Å². The molecule has 2 amide bonds.